The SMILES string of the molecule is C1=CC23COOC2(OOC3)C(c2ccccc2)=C1. The first-order chi connectivity index (χ1) is 8.86. The van der Waals surface area contributed by atoms with Gasteiger partial charge in [-0.3, -0.25) is 0 Å². The molecular weight excluding hydrogens is 232 g/mol. The maximum atomic E-state index is 5.46. The Morgan fingerprint density at radius 3 is 2.39 bits per heavy atom. The van der Waals surface area contributed by atoms with Crippen molar-refractivity contribution in [2.24, 2.45) is 5.41 Å². The largest absolute Gasteiger partial charge is 0.273 e. The molecule has 4 nitrogen and oxygen atoms in total. The first-order valence-electron chi connectivity index (χ1n) is 5.93. The van der Waals surface area contributed by atoms with Crippen molar-refractivity contribution in [3.63, 3.8) is 0 Å². The van der Waals surface area contributed by atoms with Crippen LogP contribution in [0.4, 0.5) is 0 Å². The van der Waals surface area contributed by atoms with Crippen LogP contribution in [0.1, 0.15) is 5.56 Å². The molecule has 0 aromatic heterocycles. The van der Waals surface area contributed by atoms with Crippen molar-refractivity contribution in [3.05, 3.63) is 54.1 Å². The zero-order valence-corrected chi connectivity index (χ0v) is 9.67. The molecule has 2 fully saturated rings. The van der Waals surface area contributed by atoms with Gasteiger partial charge in [0.15, 0.2) is 0 Å². The van der Waals surface area contributed by atoms with E-state index in [4.69, 9.17) is 19.6 Å². The fraction of sp³-hybridized carbons (Fsp3) is 0.286. The standard InChI is InChI=1S/C14H12O4/c1-2-5-11(6-3-1)12-7-4-8-13-9-15-17-14(12,13)18-16-10-13/h1-8H,9-10H2. The first kappa shape index (κ1) is 10.5. The lowest BCUT2D eigenvalue weighted by molar-refractivity contribution is -0.434. The summed E-state index contributed by atoms with van der Waals surface area (Å²) in [5.74, 6) is -0.969. The number of hydrogen-bond acceptors (Lipinski definition) is 4. The second-order valence-electron chi connectivity index (χ2n) is 4.77. The molecule has 2 saturated heterocycles. The molecule has 0 saturated carbocycles. The number of allylic oxidation sites excluding steroid dienone is 2. The summed E-state index contributed by atoms with van der Waals surface area (Å²) in [6, 6.07) is 9.99. The highest BCUT2D eigenvalue weighted by atomic mass is 17.3. The van der Waals surface area contributed by atoms with E-state index in [9.17, 15) is 0 Å². The molecule has 2 aliphatic heterocycles. The molecule has 0 amide bonds. The molecule has 18 heavy (non-hydrogen) atoms. The lowest BCUT2D eigenvalue weighted by atomic mass is 9.73. The van der Waals surface area contributed by atoms with Gasteiger partial charge in [-0.05, 0) is 5.56 Å². The Kier molecular flexibility index (Phi) is 2.05. The van der Waals surface area contributed by atoms with E-state index < -0.39 is 5.79 Å². The fourth-order valence-electron chi connectivity index (χ4n) is 2.75. The van der Waals surface area contributed by atoms with Crippen molar-refractivity contribution in [2.75, 3.05) is 13.2 Å². The molecule has 1 aliphatic carbocycles. The third kappa shape index (κ3) is 1.13. The van der Waals surface area contributed by atoms with E-state index in [1.807, 2.05) is 48.6 Å². The van der Waals surface area contributed by atoms with Gasteiger partial charge in [0.05, 0.1) is 13.2 Å². The molecule has 0 atom stereocenters. The zero-order valence-electron chi connectivity index (χ0n) is 9.67. The predicted octanol–water partition coefficient (Wildman–Crippen LogP) is 2.25. The zero-order chi connectivity index (χ0) is 12.1. The molecule has 4 heteroatoms. The van der Waals surface area contributed by atoms with Crippen LogP contribution >= 0.6 is 0 Å². The van der Waals surface area contributed by atoms with Crippen LogP contribution in [0.25, 0.3) is 5.57 Å². The summed E-state index contributed by atoms with van der Waals surface area (Å²) in [5, 5.41) is 0. The maximum Gasteiger partial charge on any atom is 0.273 e. The average Bonchev–Trinajstić information content (AvgIpc) is 2.95. The summed E-state index contributed by atoms with van der Waals surface area (Å²) >= 11 is 0. The molecule has 1 aromatic carbocycles. The van der Waals surface area contributed by atoms with Crippen LogP contribution in [-0.2, 0) is 19.6 Å². The van der Waals surface area contributed by atoms with Crippen molar-refractivity contribution >= 4 is 5.57 Å². The molecule has 0 bridgehead atoms. The minimum absolute atomic E-state index is 0.382. The van der Waals surface area contributed by atoms with Gasteiger partial charge in [0.2, 0.25) is 0 Å². The minimum Gasteiger partial charge on any atom is -0.232 e. The van der Waals surface area contributed by atoms with Crippen LogP contribution in [0.2, 0.25) is 0 Å². The molecule has 92 valence electrons. The fourth-order valence-corrected chi connectivity index (χ4v) is 2.75. The molecule has 0 spiro atoms. The molecule has 0 radical (unpaired) electrons. The average molecular weight is 244 g/mol. The quantitative estimate of drug-likeness (QED) is 0.710. The van der Waals surface area contributed by atoms with Gasteiger partial charge in [-0.1, -0.05) is 48.6 Å². The second-order valence-corrected chi connectivity index (χ2v) is 4.77. The first-order valence-corrected chi connectivity index (χ1v) is 5.93. The maximum absolute atomic E-state index is 5.46. The van der Waals surface area contributed by atoms with Gasteiger partial charge < -0.3 is 0 Å². The lowest BCUT2D eigenvalue weighted by Crippen LogP contribution is -2.45. The topological polar surface area (TPSA) is 36.9 Å². The molecule has 0 N–H and O–H groups in total. The Morgan fingerprint density at radius 2 is 1.67 bits per heavy atom. The van der Waals surface area contributed by atoms with Gasteiger partial charge in [0.25, 0.3) is 5.79 Å². The Hall–Kier alpha value is -1.46. The van der Waals surface area contributed by atoms with E-state index in [0.717, 1.165) is 11.1 Å². The highest BCUT2D eigenvalue weighted by molar-refractivity contribution is 5.75. The van der Waals surface area contributed by atoms with E-state index >= 15 is 0 Å². The van der Waals surface area contributed by atoms with Gasteiger partial charge in [-0.2, -0.15) is 9.78 Å². The summed E-state index contributed by atoms with van der Waals surface area (Å²) in [5.41, 5.74) is 1.59. The molecular formula is C14H12O4. The van der Waals surface area contributed by atoms with Crippen molar-refractivity contribution < 1.29 is 19.6 Å². The van der Waals surface area contributed by atoms with Crippen LogP contribution in [0.3, 0.4) is 0 Å². The van der Waals surface area contributed by atoms with Crippen LogP contribution in [0.15, 0.2) is 48.6 Å². The van der Waals surface area contributed by atoms with Crippen LogP contribution in [0, 0.1) is 5.41 Å². The smallest absolute Gasteiger partial charge is 0.232 e. The highest BCUT2D eigenvalue weighted by Crippen LogP contribution is 2.56. The molecule has 4 rings (SSSR count). The van der Waals surface area contributed by atoms with Gasteiger partial charge in [0.1, 0.15) is 5.41 Å². The van der Waals surface area contributed by atoms with Crippen LogP contribution < -0.4 is 0 Å². The monoisotopic (exact) mass is 244 g/mol. The Labute approximate surface area is 104 Å². The van der Waals surface area contributed by atoms with E-state index in [1.165, 1.54) is 0 Å². The minimum atomic E-state index is -0.969. The summed E-state index contributed by atoms with van der Waals surface area (Å²) in [4.78, 5) is 21.3. The van der Waals surface area contributed by atoms with Gasteiger partial charge in [0, 0.05) is 5.57 Å². The van der Waals surface area contributed by atoms with E-state index in [2.05, 4.69) is 0 Å². The second kappa shape index (κ2) is 3.52. The van der Waals surface area contributed by atoms with Crippen LogP contribution in [0.5, 0.6) is 0 Å². The predicted molar refractivity (Wildman–Crippen MR) is 62.8 cm³/mol. The van der Waals surface area contributed by atoms with Crippen molar-refractivity contribution in [3.8, 4) is 0 Å². The normalized spacial score (nSPS) is 37.2. The van der Waals surface area contributed by atoms with Gasteiger partial charge >= 0.3 is 0 Å². The van der Waals surface area contributed by atoms with E-state index in [0.29, 0.717) is 13.2 Å². The molecule has 0 unspecified atom stereocenters. The van der Waals surface area contributed by atoms with Gasteiger partial charge in [-0.15, -0.1) is 0 Å². The summed E-state index contributed by atoms with van der Waals surface area (Å²) in [6.45, 7) is 0.876. The lowest BCUT2D eigenvalue weighted by Gasteiger charge is -2.33. The van der Waals surface area contributed by atoms with E-state index in [1.54, 1.807) is 0 Å². The Balaban J connectivity index is 1.89. The van der Waals surface area contributed by atoms with Crippen molar-refractivity contribution in [2.45, 2.75) is 5.79 Å². The van der Waals surface area contributed by atoms with Gasteiger partial charge in [-0.25, -0.2) is 9.78 Å². The third-order valence-corrected chi connectivity index (χ3v) is 3.76. The highest BCUT2D eigenvalue weighted by Gasteiger charge is 2.67. The summed E-state index contributed by atoms with van der Waals surface area (Å²) < 4.78 is 0. The number of benzene rings is 1. The number of rotatable bonds is 1. The van der Waals surface area contributed by atoms with Crippen molar-refractivity contribution in [1.29, 1.82) is 0 Å². The third-order valence-electron chi connectivity index (χ3n) is 3.76. The molecule has 1 aromatic rings. The molecule has 2 heterocycles. The van der Waals surface area contributed by atoms with Crippen molar-refractivity contribution in [1.82, 2.24) is 0 Å². The number of hydrogen-bond donors (Lipinski definition) is 0. The van der Waals surface area contributed by atoms with Crippen LogP contribution in [-0.4, -0.2) is 19.0 Å². The summed E-state index contributed by atoms with van der Waals surface area (Å²) in [6.07, 6.45) is 6.03. The Morgan fingerprint density at radius 1 is 0.944 bits per heavy atom. The molecule has 3 aliphatic rings. The van der Waals surface area contributed by atoms with E-state index in [-0.39, 0.29) is 5.41 Å². The summed E-state index contributed by atoms with van der Waals surface area (Å²) in [7, 11) is 0. The Bertz CT molecular complexity index is 522.